The highest BCUT2D eigenvalue weighted by molar-refractivity contribution is 8.26. The first-order chi connectivity index (χ1) is 15.3. The molecule has 10 heteroatoms. The fourth-order valence-corrected chi connectivity index (χ4v) is 4.78. The van der Waals surface area contributed by atoms with Crippen LogP contribution in [0, 0.1) is 6.92 Å². The zero-order valence-electron chi connectivity index (χ0n) is 16.8. The minimum atomic E-state index is -1.46. The molecule has 1 fully saturated rings. The maximum Gasteiger partial charge on any atom is 0.267 e. The summed E-state index contributed by atoms with van der Waals surface area (Å²) in [7, 11) is 0. The largest absolute Gasteiger partial charge is 0.548 e. The van der Waals surface area contributed by atoms with Gasteiger partial charge in [0.15, 0.2) is 0 Å². The topological polar surface area (TPSA) is 110 Å². The molecular weight excluding hydrogens is 450 g/mol. The van der Waals surface area contributed by atoms with Crippen LogP contribution in [-0.4, -0.2) is 46.0 Å². The van der Waals surface area contributed by atoms with Gasteiger partial charge in [-0.15, -0.1) is 0 Å². The number of hydrogen-bond acceptors (Lipinski definition) is 7. The molecule has 0 spiro atoms. The Labute approximate surface area is 192 Å². The van der Waals surface area contributed by atoms with Crippen molar-refractivity contribution in [1.82, 2.24) is 4.90 Å². The van der Waals surface area contributed by atoms with E-state index in [0.29, 0.717) is 16.9 Å². The van der Waals surface area contributed by atoms with Gasteiger partial charge < -0.3 is 15.2 Å². The van der Waals surface area contributed by atoms with E-state index in [4.69, 9.17) is 12.2 Å². The zero-order valence-corrected chi connectivity index (χ0v) is 18.4. The van der Waals surface area contributed by atoms with Crippen molar-refractivity contribution in [2.45, 2.75) is 6.92 Å². The van der Waals surface area contributed by atoms with Crippen molar-refractivity contribution in [3.8, 4) is 0 Å². The second-order valence-electron chi connectivity index (χ2n) is 7.16. The number of aliphatic carboxylic acids is 1. The summed E-state index contributed by atoms with van der Waals surface area (Å²) in [5, 5.41) is 13.7. The van der Waals surface area contributed by atoms with E-state index in [-0.39, 0.29) is 21.3 Å². The highest BCUT2D eigenvalue weighted by Crippen LogP contribution is 2.44. The Hall–Kier alpha value is -3.50. The minimum absolute atomic E-state index is 0.0301. The average Bonchev–Trinajstić information content (AvgIpc) is 3.17. The first-order valence-electron chi connectivity index (χ1n) is 9.52. The molecule has 0 bridgehead atoms. The molecule has 0 aromatic heterocycles. The lowest BCUT2D eigenvalue weighted by atomic mass is 10.1. The van der Waals surface area contributed by atoms with Gasteiger partial charge in [0.25, 0.3) is 11.8 Å². The van der Waals surface area contributed by atoms with E-state index in [1.165, 1.54) is 4.90 Å². The molecule has 8 nitrogen and oxygen atoms in total. The monoisotopic (exact) mass is 466 g/mol. The highest BCUT2D eigenvalue weighted by Gasteiger charge is 2.42. The first kappa shape index (κ1) is 21.7. The summed E-state index contributed by atoms with van der Waals surface area (Å²) >= 11 is 5.98. The van der Waals surface area contributed by atoms with Crippen LogP contribution in [0.2, 0.25) is 0 Å². The molecular formula is C22H16N3O5S2-. The fourth-order valence-electron chi connectivity index (χ4n) is 3.45. The van der Waals surface area contributed by atoms with E-state index in [2.05, 4.69) is 5.32 Å². The van der Waals surface area contributed by atoms with Crippen molar-refractivity contribution in [1.29, 1.82) is 0 Å². The molecule has 1 saturated heterocycles. The Balaban J connectivity index is 1.64. The number of thioether (sulfide) groups is 1. The number of carboxylic acids is 1. The van der Waals surface area contributed by atoms with Crippen molar-refractivity contribution in [3.63, 3.8) is 0 Å². The number of amides is 3. The summed E-state index contributed by atoms with van der Waals surface area (Å²) < 4.78 is 0.0301. The number of anilines is 2. The minimum Gasteiger partial charge on any atom is -0.548 e. The van der Waals surface area contributed by atoms with Gasteiger partial charge in [0.05, 0.1) is 28.7 Å². The van der Waals surface area contributed by atoms with Gasteiger partial charge in [-0.1, -0.05) is 59.9 Å². The molecule has 162 valence electrons. The number of hydrogen-bond donors (Lipinski definition) is 1. The molecule has 2 aromatic carbocycles. The molecule has 0 saturated carbocycles. The molecule has 0 unspecified atom stereocenters. The number of rotatable bonds is 5. The molecule has 2 heterocycles. The average molecular weight is 467 g/mol. The Bertz CT molecular complexity index is 1210. The van der Waals surface area contributed by atoms with Crippen LogP contribution in [0.5, 0.6) is 0 Å². The van der Waals surface area contributed by atoms with E-state index >= 15 is 0 Å². The normalized spacial score (nSPS) is 17.7. The molecule has 4 rings (SSSR count). The third-order valence-corrected chi connectivity index (χ3v) is 6.37. The van der Waals surface area contributed by atoms with Crippen LogP contribution in [0.1, 0.15) is 11.1 Å². The quantitative estimate of drug-likeness (QED) is 0.523. The smallest absolute Gasteiger partial charge is 0.267 e. The molecule has 0 atom stereocenters. The third kappa shape index (κ3) is 4.02. The second-order valence-corrected chi connectivity index (χ2v) is 8.80. The van der Waals surface area contributed by atoms with Crippen LogP contribution in [0.4, 0.5) is 11.4 Å². The van der Waals surface area contributed by atoms with Gasteiger partial charge in [0, 0.05) is 11.3 Å². The predicted octanol–water partition coefficient (Wildman–Crippen LogP) is 1.30. The second kappa shape index (κ2) is 8.56. The lowest BCUT2D eigenvalue weighted by Crippen LogP contribution is -2.40. The highest BCUT2D eigenvalue weighted by atomic mass is 32.2. The van der Waals surface area contributed by atoms with Crippen molar-refractivity contribution in [2.24, 2.45) is 0 Å². The standard InChI is InChI=1S/C22H17N3O5S2/c1-12-6-8-13(9-7-12)23-16(26)10-24-15-5-3-2-4-14(15)18(20(24)29)19-21(30)25(11-17(27)28)22(31)32-19/h2-9H,10-11H2,1H3,(H,23,26)(H,27,28)/p-1/b19-18-. The van der Waals surface area contributed by atoms with Crippen molar-refractivity contribution < 1.29 is 24.3 Å². The van der Waals surface area contributed by atoms with Crippen molar-refractivity contribution >= 4 is 68.9 Å². The van der Waals surface area contributed by atoms with Crippen LogP contribution < -0.4 is 15.3 Å². The van der Waals surface area contributed by atoms with Gasteiger partial charge in [-0.2, -0.15) is 0 Å². The molecule has 32 heavy (non-hydrogen) atoms. The number of aryl methyl sites for hydroxylation is 1. The number of carbonyl (C=O) groups excluding carboxylic acids is 4. The van der Waals surface area contributed by atoms with Gasteiger partial charge in [-0.25, -0.2) is 0 Å². The third-order valence-electron chi connectivity index (χ3n) is 4.92. The van der Waals surface area contributed by atoms with Crippen molar-refractivity contribution in [3.05, 3.63) is 64.6 Å². The molecule has 2 aliphatic rings. The van der Waals surface area contributed by atoms with Crippen LogP contribution in [0.3, 0.4) is 0 Å². The zero-order chi connectivity index (χ0) is 23.0. The molecule has 2 aliphatic heterocycles. The molecule has 1 N–H and O–H groups in total. The van der Waals surface area contributed by atoms with E-state index in [1.54, 1.807) is 36.4 Å². The Morgan fingerprint density at radius 1 is 1.00 bits per heavy atom. The van der Waals surface area contributed by atoms with Gasteiger partial charge in [-0.3, -0.25) is 24.2 Å². The Kier molecular flexibility index (Phi) is 5.81. The van der Waals surface area contributed by atoms with Crippen LogP contribution >= 0.6 is 24.0 Å². The van der Waals surface area contributed by atoms with Crippen LogP contribution in [0.15, 0.2) is 53.4 Å². The van der Waals surface area contributed by atoms with E-state index in [9.17, 15) is 24.3 Å². The van der Waals surface area contributed by atoms with Crippen LogP contribution in [0.25, 0.3) is 5.57 Å². The van der Waals surface area contributed by atoms with Crippen molar-refractivity contribution in [2.75, 3.05) is 23.3 Å². The number of benzene rings is 2. The summed E-state index contributed by atoms with van der Waals surface area (Å²) in [6, 6.07) is 14.0. The van der Waals surface area contributed by atoms with E-state index in [0.717, 1.165) is 22.2 Å². The van der Waals surface area contributed by atoms with E-state index < -0.39 is 30.2 Å². The molecule has 0 aliphatic carbocycles. The summed E-state index contributed by atoms with van der Waals surface area (Å²) in [4.78, 5) is 51.9. The lowest BCUT2D eigenvalue weighted by Gasteiger charge is -2.17. The number of carboxylic acid groups (broad SMARTS) is 1. The molecule has 0 radical (unpaired) electrons. The van der Waals surface area contributed by atoms with Gasteiger partial charge in [0.2, 0.25) is 5.91 Å². The number of fused-ring (bicyclic) bond motifs is 1. The number of carbonyl (C=O) groups is 4. The number of nitrogens with zero attached hydrogens (tertiary/aromatic N) is 2. The van der Waals surface area contributed by atoms with Gasteiger partial charge >= 0.3 is 0 Å². The summed E-state index contributed by atoms with van der Waals surface area (Å²) in [5.41, 5.74) is 2.71. The summed E-state index contributed by atoms with van der Waals surface area (Å²) in [5.74, 6) is -3.06. The molecule has 3 amide bonds. The maximum atomic E-state index is 13.3. The predicted molar refractivity (Wildman–Crippen MR) is 122 cm³/mol. The number of para-hydroxylation sites is 1. The molecule has 2 aromatic rings. The Morgan fingerprint density at radius 3 is 2.38 bits per heavy atom. The summed E-state index contributed by atoms with van der Waals surface area (Å²) in [6.07, 6.45) is 0. The van der Waals surface area contributed by atoms with Gasteiger partial charge in [-0.05, 0) is 25.1 Å². The Morgan fingerprint density at radius 2 is 1.69 bits per heavy atom. The van der Waals surface area contributed by atoms with Gasteiger partial charge in [0.1, 0.15) is 10.9 Å². The van der Waals surface area contributed by atoms with Crippen LogP contribution in [-0.2, 0) is 19.2 Å². The number of thiocarbonyl (C=S) groups is 1. The summed E-state index contributed by atoms with van der Waals surface area (Å²) in [6.45, 7) is 0.981. The van der Waals surface area contributed by atoms with E-state index in [1.807, 2.05) is 19.1 Å². The number of nitrogens with one attached hydrogen (secondary N) is 1. The lowest BCUT2D eigenvalue weighted by molar-refractivity contribution is -0.305. The SMILES string of the molecule is Cc1ccc(NC(=O)CN2C(=O)/C(=C3\SC(=S)N(CC(=O)[O-])C3=O)c3ccccc32)cc1. The fraction of sp³-hybridized carbons (Fsp3) is 0.136. The first-order valence-corrected chi connectivity index (χ1v) is 10.7. The maximum absolute atomic E-state index is 13.3.